The molecule has 24 heteroatoms. The Labute approximate surface area is 256 Å². The minimum Gasteiger partial charge on any atom is -0.386 e. The predicted octanol–water partition coefficient (Wildman–Crippen LogP) is -0.852. The Kier molecular flexibility index (Phi) is 8.43. The number of fused-ring (bicyclic) bond motifs is 2. The standard InChI is InChI=1S/C22H26N10O12P2/c23-3-9-4-31(18-13(9)17(24)26-7-27-18)21-15(33)16(11(43-21)6-40-45(35,36)37)44-46(38,39)41-5-10-1-2-12(42-10)32-8-28-14-19(32)29-22(25)30-20(14)34/h4,7-8,10-12,15-16,21,33H,1-2,5-6H2,(H,38,39)(H2,24,26,27)(H2,35,36,37)(H3,25,29,30,34)/t10-,11+,12+,15+,16?,21+/m0/s1. The summed E-state index contributed by atoms with van der Waals surface area (Å²) in [6.07, 6.45) is -3.42. The van der Waals surface area contributed by atoms with Crippen LogP contribution in [0.25, 0.3) is 22.2 Å². The second-order valence-corrected chi connectivity index (χ2v) is 12.9. The van der Waals surface area contributed by atoms with Crippen molar-refractivity contribution < 1.29 is 52.0 Å². The van der Waals surface area contributed by atoms with E-state index in [1.54, 1.807) is 0 Å². The van der Waals surface area contributed by atoms with Crippen molar-refractivity contribution >= 4 is 49.6 Å². The number of nitrogen functional groups attached to an aromatic ring is 2. The van der Waals surface area contributed by atoms with Crippen LogP contribution in [0.15, 0.2) is 23.6 Å². The maximum Gasteiger partial charge on any atom is 0.472 e. The minimum absolute atomic E-state index is 0.0251. The van der Waals surface area contributed by atoms with Crippen LogP contribution < -0.4 is 17.0 Å². The highest BCUT2D eigenvalue weighted by atomic mass is 31.2. The first-order valence-corrected chi connectivity index (χ1v) is 16.4. The lowest BCUT2D eigenvalue weighted by molar-refractivity contribution is -0.0512. The van der Waals surface area contributed by atoms with E-state index in [0.29, 0.717) is 12.8 Å². The number of aliphatic hydroxyl groups excluding tert-OH is 1. The fraction of sp³-hybridized carbons (Fsp3) is 0.455. The molecule has 6 heterocycles. The maximum atomic E-state index is 13.1. The number of nitrogens with two attached hydrogens (primary N) is 2. The molecule has 2 aliphatic heterocycles. The molecule has 2 saturated heterocycles. The van der Waals surface area contributed by atoms with E-state index in [1.807, 2.05) is 6.07 Å². The molecule has 2 aliphatic rings. The first-order valence-electron chi connectivity index (χ1n) is 13.3. The van der Waals surface area contributed by atoms with Gasteiger partial charge in [0.25, 0.3) is 5.56 Å². The average Bonchev–Trinajstić information content (AvgIpc) is 3.76. The third kappa shape index (κ3) is 6.26. The molecule has 0 saturated carbocycles. The van der Waals surface area contributed by atoms with Crippen molar-refractivity contribution in [1.29, 1.82) is 5.26 Å². The smallest absolute Gasteiger partial charge is 0.386 e. The summed E-state index contributed by atoms with van der Waals surface area (Å²) < 4.78 is 53.8. The van der Waals surface area contributed by atoms with Gasteiger partial charge in [-0.1, -0.05) is 0 Å². The van der Waals surface area contributed by atoms with Gasteiger partial charge in [0.1, 0.15) is 48.4 Å². The molecular weight excluding hydrogens is 658 g/mol. The molecule has 46 heavy (non-hydrogen) atoms. The quantitative estimate of drug-likeness (QED) is 0.1000. The normalized spacial score (nSPS) is 26.5. The number of hydrogen-bond acceptors (Lipinski definition) is 16. The van der Waals surface area contributed by atoms with Crippen molar-refractivity contribution in [2.45, 2.75) is 49.7 Å². The number of imidazole rings is 1. The van der Waals surface area contributed by atoms with Gasteiger partial charge in [-0.25, -0.2) is 24.1 Å². The van der Waals surface area contributed by atoms with Crippen molar-refractivity contribution in [2.24, 2.45) is 0 Å². The van der Waals surface area contributed by atoms with Crippen molar-refractivity contribution in [3.63, 3.8) is 0 Å². The van der Waals surface area contributed by atoms with Gasteiger partial charge in [0.2, 0.25) is 5.95 Å². The van der Waals surface area contributed by atoms with Gasteiger partial charge in [-0.2, -0.15) is 10.2 Å². The van der Waals surface area contributed by atoms with E-state index in [9.17, 15) is 39.0 Å². The van der Waals surface area contributed by atoms with E-state index in [4.69, 9.17) is 30.0 Å². The zero-order valence-corrected chi connectivity index (χ0v) is 25.0. The van der Waals surface area contributed by atoms with Crippen LogP contribution in [0.5, 0.6) is 0 Å². The number of phosphoric acid groups is 2. The number of nitrogens with zero attached hydrogens (tertiary/aromatic N) is 7. The van der Waals surface area contributed by atoms with Crippen LogP contribution in [-0.2, 0) is 32.2 Å². The fourth-order valence-corrected chi connectivity index (χ4v) is 6.63. The van der Waals surface area contributed by atoms with Gasteiger partial charge in [0, 0.05) is 6.20 Å². The molecule has 0 radical (unpaired) electrons. The first kappa shape index (κ1) is 32.1. The number of anilines is 2. The molecule has 7 atom stereocenters. The number of aromatic nitrogens is 7. The molecule has 0 aliphatic carbocycles. The van der Waals surface area contributed by atoms with E-state index in [1.165, 1.54) is 21.7 Å². The van der Waals surface area contributed by atoms with E-state index < -0.39 is 71.3 Å². The molecule has 2 unspecified atom stereocenters. The summed E-state index contributed by atoms with van der Waals surface area (Å²) in [4.78, 5) is 59.5. The zero-order chi connectivity index (χ0) is 33.0. The van der Waals surface area contributed by atoms with Gasteiger partial charge < -0.3 is 45.3 Å². The van der Waals surface area contributed by atoms with E-state index in [2.05, 4.69) is 29.4 Å². The predicted molar refractivity (Wildman–Crippen MR) is 151 cm³/mol. The Balaban J connectivity index is 1.17. The molecule has 6 rings (SSSR count). The van der Waals surface area contributed by atoms with Gasteiger partial charge in [-0.15, -0.1) is 0 Å². The van der Waals surface area contributed by atoms with Crippen LogP contribution in [0.3, 0.4) is 0 Å². The molecule has 9 N–H and O–H groups in total. The summed E-state index contributed by atoms with van der Waals surface area (Å²) in [7, 11) is -10.1. The van der Waals surface area contributed by atoms with Crippen molar-refractivity contribution in [2.75, 3.05) is 24.7 Å². The van der Waals surface area contributed by atoms with Crippen molar-refractivity contribution in [1.82, 2.24) is 34.1 Å². The molecule has 4 aromatic rings. The molecule has 4 aromatic heterocycles. The van der Waals surface area contributed by atoms with Crippen LogP contribution in [0.2, 0.25) is 0 Å². The van der Waals surface area contributed by atoms with Crippen LogP contribution in [0.4, 0.5) is 11.8 Å². The van der Waals surface area contributed by atoms with Crippen LogP contribution in [-0.4, -0.2) is 91.5 Å². The second-order valence-electron chi connectivity index (χ2n) is 10.3. The Morgan fingerprint density at radius 2 is 1.87 bits per heavy atom. The molecule has 22 nitrogen and oxygen atoms in total. The van der Waals surface area contributed by atoms with Crippen LogP contribution in [0, 0.1) is 11.3 Å². The van der Waals surface area contributed by atoms with E-state index in [0.717, 1.165) is 6.33 Å². The minimum atomic E-state index is -5.05. The number of nitriles is 1. The molecule has 0 aromatic carbocycles. The summed E-state index contributed by atoms with van der Waals surface area (Å²) in [5.74, 6) is -0.157. The Morgan fingerprint density at radius 3 is 2.61 bits per heavy atom. The zero-order valence-electron chi connectivity index (χ0n) is 23.3. The highest BCUT2D eigenvalue weighted by Gasteiger charge is 2.50. The Hall–Kier alpha value is -3.84. The van der Waals surface area contributed by atoms with E-state index >= 15 is 0 Å². The van der Waals surface area contributed by atoms with Crippen LogP contribution >= 0.6 is 15.6 Å². The van der Waals surface area contributed by atoms with Gasteiger partial charge in [-0.05, 0) is 12.8 Å². The lowest BCUT2D eigenvalue weighted by Crippen LogP contribution is -2.36. The van der Waals surface area contributed by atoms with Gasteiger partial charge >= 0.3 is 15.6 Å². The molecule has 2 fully saturated rings. The average molecular weight is 684 g/mol. The number of aromatic amines is 1. The van der Waals surface area contributed by atoms with Crippen molar-refractivity contribution in [3.05, 3.63) is 34.8 Å². The number of H-pyrrole nitrogens is 1. The molecule has 246 valence electrons. The lowest BCUT2D eigenvalue weighted by atomic mass is 10.1. The Bertz CT molecular complexity index is 1990. The lowest BCUT2D eigenvalue weighted by Gasteiger charge is -2.24. The third-order valence-electron chi connectivity index (χ3n) is 7.27. The molecule has 0 bridgehead atoms. The van der Waals surface area contributed by atoms with Crippen molar-refractivity contribution in [3.8, 4) is 6.07 Å². The first-order chi connectivity index (χ1) is 21.7. The largest absolute Gasteiger partial charge is 0.472 e. The number of ether oxygens (including phenoxy) is 2. The summed E-state index contributed by atoms with van der Waals surface area (Å²) in [5, 5.41) is 20.9. The maximum absolute atomic E-state index is 13.1. The third-order valence-corrected chi connectivity index (χ3v) is 8.74. The number of phosphoric ester groups is 2. The number of nitrogens with one attached hydrogen (secondary N) is 1. The fourth-order valence-electron chi connectivity index (χ4n) is 5.30. The molecule has 0 spiro atoms. The summed E-state index contributed by atoms with van der Waals surface area (Å²) in [6.45, 7) is -1.33. The number of aliphatic hydroxyl groups is 1. The summed E-state index contributed by atoms with van der Waals surface area (Å²) in [5.41, 5.74) is 11.3. The molecule has 0 amide bonds. The van der Waals surface area contributed by atoms with Gasteiger partial charge in [0.05, 0.1) is 36.6 Å². The van der Waals surface area contributed by atoms with E-state index in [-0.39, 0.29) is 39.5 Å². The number of hydrogen-bond donors (Lipinski definition) is 7. The second kappa shape index (κ2) is 12.1. The summed E-state index contributed by atoms with van der Waals surface area (Å²) >= 11 is 0. The van der Waals surface area contributed by atoms with Gasteiger partial charge in [0.15, 0.2) is 17.4 Å². The Morgan fingerprint density at radius 1 is 1.09 bits per heavy atom. The number of rotatable bonds is 10. The SMILES string of the molecule is N#Cc1cn([C@@H]2O[C@H](COP(=O)(O)O)C(OP(=O)(O)OC[C@@H]3CC[C@H](n4cnc5c(=O)[nH]c(N)nc54)O3)[C@H]2O)c2ncnc(N)c12. The molecular formula is C22H26N10O12P2. The highest BCUT2D eigenvalue weighted by Crippen LogP contribution is 2.50. The van der Waals surface area contributed by atoms with Gasteiger partial charge in [-0.3, -0.25) is 27.9 Å². The summed E-state index contributed by atoms with van der Waals surface area (Å²) in [6, 6.07) is 1.92. The monoisotopic (exact) mass is 684 g/mol. The highest BCUT2D eigenvalue weighted by molar-refractivity contribution is 7.47. The van der Waals surface area contributed by atoms with Crippen LogP contribution in [0.1, 0.15) is 30.9 Å². The topological polar surface area (TPSA) is 331 Å².